The van der Waals surface area contributed by atoms with Gasteiger partial charge in [0.05, 0.1) is 13.2 Å². The molecule has 0 aromatic rings. The van der Waals surface area contributed by atoms with Gasteiger partial charge in [-0.1, -0.05) is 0 Å². The number of amides is 2. The van der Waals surface area contributed by atoms with E-state index in [-0.39, 0.29) is 12.0 Å². The fourth-order valence-electron chi connectivity index (χ4n) is 2.69. The first-order valence-electron chi connectivity index (χ1n) is 7.83. The number of hydrogen-bond acceptors (Lipinski definition) is 5. The van der Waals surface area contributed by atoms with Crippen LogP contribution in [-0.4, -0.2) is 92.2 Å². The zero-order valence-electron chi connectivity index (χ0n) is 12.8. The van der Waals surface area contributed by atoms with Crippen LogP contribution in [0.15, 0.2) is 0 Å². The fourth-order valence-corrected chi connectivity index (χ4v) is 2.69. The molecule has 2 heterocycles. The normalized spacial score (nSPS) is 21.0. The second-order valence-electron chi connectivity index (χ2n) is 5.45. The van der Waals surface area contributed by atoms with Gasteiger partial charge in [0, 0.05) is 45.8 Å². The summed E-state index contributed by atoms with van der Waals surface area (Å²) in [5, 5.41) is 3.30. The Morgan fingerprint density at radius 3 is 2.48 bits per heavy atom. The highest BCUT2D eigenvalue weighted by atomic mass is 16.6. The van der Waals surface area contributed by atoms with Crippen molar-refractivity contribution in [1.29, 1.82) is 0 Å². The number of carbonyl (C=O) groups excluding carboxylic acids is 2. The standard InChI is InChI=1S/C14H26N4O3/c1-2-21-14(20)18-10-8-16(9-11-18)12-13(19)17-6-3-4-15-5-7-17/h15H,2-12H2,1H3. The number of nitrogens with one attached hydrogen (secondary N) is 1. The highest BCUT2D eigenvalue weighted by Crippen LogP contribution is 2.05. The van der Waals surface area contributed by atoms with Crippen LogP contribution < -0.4 is 5.32 Å². The second kappa shape index (κ2) is 8.19. The Balaban J connectivity index is 1.72. The van der Waals surface area contributed by atoms with Crippen LogP contribution in [0.3, 0.4) is 0 Å². The van der Waals surface area contributed by atoms with Gasteiger partial charge in [-0.15, -0.1) is 0 Å². The molecule has 2 aliphatic rings. The molecule has 0 radical (unpaired) electrons. The number of ether oxygens (including phenoxy) is 1. The minimum atomic E-state index is -0.248. The summed E-state index contributed by atoms with van der Waals surface area (Å²) in [4.78, 5) is 29.7. The molecular weight excluding hydrogens is 272 g/mol. The highest BCUT2D eigenvalue weighted by molar-refractivity contribution is 5.78. The summed E-state index contributed by atoms with van der Waals surface area (Å²) in [5.41, 5.74) is 0. The topological polar surface area (TPSA) is 65.1 Å². The van der Waals surface area contributed by atoms with Gasteiger partial charge in [0.1, 0.15) is 0 Å². The van der Waals surface area contributed by atoms with E-state index in [2.05, 4.69) is 10.2 Å². The molecule has 21 heavy (non-hydrogen) atoms. The van der Waals surface area contributed by atoms with Crippen LogP contribution in [0.1, 0.15) is 13.3 Å². The predicted molar refractivity (Wildman–Crippen MR) is 79.1 cm³/mol. The lowest BCUT2D eigenvalue weighted by Gasteiger charge is -2.34. The number of carbonyl (C=O) groups is 2. The van der Waals surface area contributed by atoms with Gasteiger partial charge < -0.3 is 19.9 Å². The Morgan fingerprint density at radius 2 is 1.76 bits per heavy atom. The van der Waals surface area contributed by atoms with E-state index in [1.54, 1.807) is 4.90 Å². The molecule has 0 bridgehead atoms. The molecule has 0 atom stereocenters. The molecule has 120 valence electrons. The van der Waals surface area contributed by atoms with Crippen LogP contribution in [0, 0.1) is 0 Å². The van der Waals surface area contributed by atoms with Crippen LogP contribution >= 0.6 is 0 Å². The highest BCUT2D eigenvalue weighted by Gasteiger charge is 2.24. The molecule has 2 amide bonds. The Hall–Kier alpha value is -1.34. The lowest BCUT2D eigenvalue weighted by molar-refractivity contribution is -0.132. The Labute approximate surface area is 126 Å². The van der Waals surface area contributed by atoms with Gasteiger partial charge in [-0.3, -0.25) is 9.69 Å². The molecule has 0 aromatic carbocycles. The number of nitrogens with zero attached hydrogens (tertiary/aromatic N) is 3. The smallest absolute Gasteiger partial charge is 0.409 e. The number of hydrogen-bond donors (Lipinski definition) is 1. The quantitative estimate of drug-likeness (QED) is 0.767. The fraction of sp³-hybridized carbons (Fsp3) is 0.857. The lowest BCUT2D eigenvalue weighted by atomic mass is 10.3. The summed E-state index contributed by atoms with van der Waals surface area (Å²) < 4.78 is 4.99. The van der Waals surface area contributed by atoms with E-state index < -0.39 is 0 Å². The van der Waals surface area contributed by atoms with Gasteiger partial charge >= 0.3 is 6.09 Å². The van der Waals surface area contributed by atoms with Gasteiger partial charge in [-0.25, -0.2) is 4.79 Å². The van der Waals surface area contributed by atoms with Gasteiger partial charge in [0.2, 0.25) is 5.91 Å². The van der Waals surface area contributed by atoms with Crippen molar-refractivity contribution in [3.8, 4) is 0 Å². The predicted octanol–water partition coefficient (Wildman–Crippen LogP) is -0.418. The van der Waals surface area contributed by atoms with Crippen LogP contribution in [0.2, 0.25) is 0 Å². The number of piperazine rings is 1. The second-order valence-corrected chi connectivity index (χ2v) is 5.45. The van der Waals surface area contributed by atoms with Crippen LogP contribution in [0.4, 0.5) is 4.79 Å². The molecule has 0 aliphatic carbocycles. The molecular formula is C14H26N4O3. The molecule has 1 N–H and O–H groups in total. The molecule has 0 unspecified atom stereocenters. The van der Waals surface area contributed by atoms with E-state index in [0.29, 0.717) is 26.2 Å². The average Bonchev–Trinajstić information content (AvgIpc) is 2.77. The van der Waals surface area contributed by atoms with E-state index in [1.807, 2.05) is 11.8 Å². The maximum atomic E-state index is 12.3. The molecule has 0 aromatic heterocycles. The third kappa shape index (κ3) is 4.86. The van der Waals surface area contributed by atoms with Crippen LogP contribution in [0.25, 0.3) is 0 Å². The van der Waals surface area contributed by atoms with Crippen molar-refractivity contribution >= 4 is 12.0 Å². The Kier molecular flexibility index (Phi) is 6.25. The molecule has 7 nitrogen and oxygen atoms in total. The van der Waals surface area contributed by atoms with Crippen LogP contribution in [-0.2, 0) is 9.53 Å². The minimum absolute atomic E-state index is 0.197. The van der Waals surface area contributed by atoms with Crippen molar-refractivity contribution in [3.05, 3.63) is 0 Å². The van der Waals surface area contributed by atoms with Gasteiger partial charge in [0.15, 0.2) is 0 Å². The maximum absolute atomic E-state index is 12.3. The summed E-state index contributed by atoms with van der Waals surface area (Å²) in [5.74, 6) is 0.197. The van der Waals surface area contributed by atoms with E-state index >= 15 is 0 Å². The molecule has 7 heteroatoms. The van der Waals surface area contributed by atoms with Crippen molar-refractivity contribution in [1.82, 2.24) is 20.0 Å². The summed E-state index contributed by atoms with van der Waals surface area (Å²) in [6, 6.07) is 0. The average molecular weight is 298 g/mol. The largest absolute Gasteiger partial charge is 0.450 e. The van der Waals surface area contributed by atoms with Crippen molar-refractivity contribution in [2.75, 3.05) is 65.5 Å². The third-order valence-corrected chi connectivity index (χ3v) is 3.95. The lowest BCUT2D eigenvalue weighted by Crippen LogP contribution is -2.52. The first kappa shape index (κ1) is 16.0. The molecule has 2 fully saturated rings. The summed E-state index contributed by atoms with van der Waals surface area (Å²) >= 11 is 0. The van der Waals surface area contributed by atoms with Crippen molar-refractivity contribution in [3.63, 3.8) is 0 Å². The van der Waals surface area contributed by atoms with Gasteiger partial charge in [-0.05, 0) is 19.9 Å². The summed E-state index contributed by atoms with van der Waals surface area (Å²) in [7, 11) is 0. The van der Waals surface area contributed by atoms with Crippen molar-refractivity contribution in [2.24, 2.45) is 0 Å². The number of rotatable bonds is 3. The van der Waals surface area contributed by atoms with E-state index in [0.717, 1.165) is 45.7 Å². The van der Waals surface area contributed by atoms with E-state index in [9.17, 15) is 9.59 Å². The van der Waals surface area contributed by atoms with Crippen molar-refractivity contribution < 1.29 is 14.3 Å². The SMILES string of the molecule is CCOC(=O)N1CCN(CC(=O)N2CCCNCC2)CC1. The van der Waals surface area contributed by atoms with E-state index in [4.69, 9.17) is 4.74 Å². The zero-order chi connectivity index (χ0) is 15.1. The maximum Gasteiger partial charge on any atom is 0.409 e. The van der Waals surface area contributed by atoms with Crippen LogP contribution in [0.5, 0.6) is 0 Å². The van der Waals surface area contributed by atoms with E-state index in [1.165, 1.54) is 0 Å². The first-order chi connectivity index (χ1) is 10.2. The van der Waals surface area contributed by atoms with Crippen molar-refractivity contribution in [2.45, 2.75) is 13.3 Å². The first-order valence-corrected chi connectivity index (χ1v) is 7.83. The molecule has 2 saturated heterocycles. The molecule has 2 aliphatic heterocycles. The van der Waals surface area contributed by atoms with Gasteiger partial charge in [-0.2, -0.15) is 0 Å². The Morgan fingerprint density at radius 1 is 1.00 bits per heavy atom. The zero-order valence-corrected chi connectivity index (χ0v) is 12.8. The molecule has 2 rings (SSSR count). The molecule has 0 saturated carbocycles. The minimum Gasteiger partial charge on any atom is -0.450 e. The van der Waals surface area contributed by atoms with Gasteiger partial charge in [0.25, 0.3) is 0 Å². The third-order valence-electron chi connectivity index (χ3n) is 3.95. The Bertz CT molecular complexity index is 348. The summed E-state index contributed by atoms with van der Waals surface area (Å²) in [6.07, 6.45) is 0.768. The monoisotopic (exact) mass is 298 g/mol. The molecule has 0 spiro atoms. The summed E-state index contributed by atoms with van der Waals surface area (Å²) in [6.45, 7) is 8.90.